The van der Waals surface area contributed by atoms with Gasteiger partial charge in [-0.2, -0.15) is 0 Å². The fourth-order valence-corrected chi connectivity index (χ4v) is 3.46. The predicted molar refractivity (Wildman–Crippen MR) is 68.4 cm³/mol. The number of phenolic OH excluding ortho intramolecular Hbond substituents is 1. The highest BCUT2D eigenvalue weighted by Gasteiger charge is 2.26. The first kappa shape index (κ1) is 11.9. The fourth-order valence-electron chi connectivity index (χ4n) is 1.63. The van der Waals surface area contributed by atoms with Gasteiger partial charge in [-0.3, -0.25) is 4.57 Å². The smallest absolute Gasteiger partial charge is 0.261 e. The molecule has 1 N–H and O–H groups in total. The molecule has 0 bridgehead atoms. The normalized spacial score (nSPS) is 14.2. The molecule has 2 aromatic carbocycles. The first-order chi connectivity index (χ1) is 8.16. The second-order valence-electron chi connectivity index (χ2n) is 3.59. The molecule has 0 heterocycles. The molecule has 0 aliphatic carbocycles. The van der Waals surface area contributed by atoms with E-state index in [1.807, 2.05) is 18.2 Å². The van der Waals surface area contributed by atoms with Crippen molar-refractivity contribution in [2.45, 2.75) is 0 Å². The van der Waals surface area contributed by atoms with Gasteiger partial charge in [0.25, 0.3) is 7.37 Å². The lowest BCUT2D eigenvalue weighted by atomic mass is 10.3. The monoisotopic (exact) mass is 248 g/mol. The van der Waals surface area contributed by atoms with E-state index in [4.69, 9.17) is 4.52 Å². The van der Waals surface area contributed by atoms with Crippen molar-refractivity contribution < 1.29 is 14.2 Å². The molecule has 1 unspecified atom stereocenters. The molecule has 2 aromatic rings. The van der Waals surface area contributed by atoms with E-state index in [9.17, 15) is 9.67 Å². The number of rotatable bonds is 3. The minimum absolute atomic E-state index is 0.143. The second kappa shape index (κ2) is 4.74. The van der Waals surface area contributed by atoms with Crippen molar-refractivity contribution in [2.75, 3.05) is 7.11 Å². The van der Waals surface area contributed by atoms with Crippen molar-refractivity contribution in [1.29, 1.82) is 0 Å². The van der Waals surface area contributed by atoms with Crippen molar-refractivity contribution >= 4 is 18.0 Å². The van der Waals surface area contributed by atoms with Crippen molar-refractivity contribution in [1.82, 2.24) is 0 Å². The average Bonchev–Trinajstić information content (AvgIpc) is 2.40. The molecule has 4 heteroatoms. The van der Waals surface area contributed by atoms with Gasteiger partial charge in [0.1, 0.15) is 5.75 Å². The lowest BCUT2D eigenvalue weighted by molar-refractivity contribution is 0.412. The molecule has 0 spiro atoms. The Hall–Kier alpha value is -1.57. The van der Waals surface area contributed by atoms with E-state index < -0.39 is 7.37 Å². The second-order valence-corrected chi connectivity index (χ2v) is 6.09. The molecule has 17 heavy (non-hydrogen) atoms. The molecular formula is C13H13O3P. The van der Waals surface area contributed by atoms with Crippen LogP contribution in [0.4, 0.5) is 0 Å². The average molecular weight is 248 g/mol. The van der Waals surface area contributed by atoms with Gasteiger partial charge in [0.2, 0.25) is 0 Å². The third-order valence-corrected chi connectivity index (χ3v) is 5.01. The fraction of sp³-hybridized carbons (Fsp3) is 0.0769. The zero-order valence-electron chi connectivity index (χ0n) is 9.41. The zero-order chi connectivity index (χ0) is 12.3. The summed E-state index contributed by atoms with van der Waals surface area (Å²) in [5.41, 5.74) is 0. The molecular weight excluding hydrogens is 235 g/mol. The van der Waals surface area contributed by atoms with Crippen LogP contribution in [0.2, 0.25) is 0 Å². The van der Waals surface area contributed by atoms with Gasteiger partial charge in [0, 0.05) is 17.7 Å². The Balaban J connectivity index is 2.52. The SMILES string of the molecule is COP(=O)(c1ccccc1)c1ccc(O)cc1. The van der Waals surface area contributed by atoms with Crippen LogP contribution in [-0.2, 0) is 9.09 Å². The van der Waals surface area contributed by atoms with Crippen molar-refractivity contribution in [2.24, 2.45) is 0 Å². The molecule has 0 radical (unpaired) electrons. The van der Waals surface area contributed by atoms with Crippen molar-refractivity contribution in [3.8, 4) is 5.75 Å². The van der Waals surface area contributed by atoms with E-state index in [1.165, 1.54) is 19.2 Å². The van der Waals surface area contributed by atoms with Crippen LogP contribution in [0, 0.1) is 0 Å². The lowest BCUT2D eigenvalue weighted by Gasteiger charge is -2.16. The van der Waals surface area contributed by atoms with Gasteiger partial charge in [0.15, 0.2) is 0 Å². The van der Waals surface area contributed by atoms with E-state index in [2.05, 4.69) is 0 Å². The summed E-state index contributed by atoms with van der Waals surface area (Å²) in [6, 6.07) is 15.3. The molecule has 0 aliphatic rings. The van der Waals surface area contributed by atoms with Crippen LogP contribution in [0.15, 0.2) is 54.6 Å². The van der Waals surface area contributed by atoms with Crippen LogP contribution in [0.1, 0.15) is 0 Å². The predicted octanol–water partition coefficient (Wildman–Crippen LogP) is 2.27. The summed E-state index contributed by atoms with van der Waals surface area (Å²) in [6.45, 7) is 0. The standard InChI is InChI=1S/C13H13O3P/c1-16-17(15,12-5-3-2-4-6-12)13-9-7-11(14)8-10-13/h2-10,14H,1H3. The Bertz CT molecular complexity index is 534. The molecule has 0 amide bonds. The number of phenols is 1. The quantitative estimate of drug-likeness (QED) is 0.847. The highest BCUT2D eigenvalue weighted by molar-refractivity contribution is 7.74. The van der Waals surface area contributed by atoms with E-state index >= 15 is 0 Å². The minimum atomic E-state index is -3.04. The van der Waals surface area contributed by atoms with Crippen LogP contribution in [0.25, 0.3) is 0 Å². The third kappa shape index (κ3) is 2.26. The number of benzene rings is 2. The Morgan fingerprint density at radius 2 is 1.47 bits per heavy atom. The Morgan fingerprint density at radius 3 is 2.00 bits per heavy atom. The van der Waals surface area contributed by atoms with E-state index in [0.29, 0.717) is 10.6 Å². The van der Waals surface area contributed by atoms with Crippen LogP contribution in [0.3, 0.4) is 0 Å². The summed E-state index contributed by atoms with van der Waals surface area (Å²) >= 11 is 0. The van der Waals surface area contributed by atoms with Gasteiger partial charge in [-0.1, -0.05) is 18.2 Å². The Morgan fingerprint density at radius 1 is 0.941 bits per heavy atom. The third-order valence-electron chi connectivity index (χ3n) is 2.54. The maximum atomic E-state index is 12.8. The summed E-state index contributed by atoms with van der Waals surface area (Å²) in [5, 5.41) is 10.5. The first-order valence-corrected chi connectivity index (χ1v) is 6.80. The van der Waals surface area contributed by atoms with Gasteiger partial charge in [-0.25, -0.2) is 0 Å². The molecule has 0 aliphatic heterocycles. The molecule has 0 saturated heterocycles. The number of hydrogen-bond acceptors (Lipinski definition) is 3. The van der Waals surface area contributed by atoms with Crippen molar-refractivity contribution in [3.05, 3.63) is 54.6 Å². The maximum Gasteiger partial charge on any atom is 0.261 e. The van der Waals surface area contributed by atoms with E-state index in [0.717, 1.165) is 0 Å². The highest BCUT2D eigenvalue weighted by atomic mass is 31.2. The maximum absolute atomic E-state index is 12.8. The van der Waals surface area contributed by atoms with E-state index in [1.54, 1.807) is 24.3 Å². The molecule has 0 aromatic heterocycles. The molecule has 3 nitrogen and oxygen atoms in total. The van der Waals surface area contributed by atoms with Gasteiger partial charge in [-0.05, 0) is 36.4 Å². The van der Waals surface area contributed by atoms with Crippen molar-refractivity contribution in [3.63, 3.8) is 0 Å². The Labute approximate surface area is 100 Å². The van der Waals surface area contributed by atoms with Gasteiger partial charge >= 0.3 is 0 Å². The molecule has 88 valence electrons. The molecule has 1 atom stereocenters. The molecule has 2 rings (SSSR count). The lowest BCUT2D eigenvalue weighted by Crippen LogP contribution is -2.16. The summed E-state index contributed by atoms with van der Waals surface area (Å²) in [7, 11) is -1.60. The van der Waals surface area contributed by atoms with Gasteiger partial charge < -0.3 is 9.63 Å². The van der Waals surface area contributed by atoms with E-state index in [-0.39, 0.29) is 5.75 Å². The summed E-state index contributed by atoms with van der Waals surface area (Å²) < 4.78 is 18.0. The van der Waals surface area contributed by atoms with Crippen LogP contribution in [0.5, 0.6) is 5.75 Å². The minimum Gasteiger partial charge on any atom is -0.508 e. The summed E-state index contributed by atoms with van der Waals surface area (Å²) in [5.74, 6) is 0.143. The van der Waals surface area contributed by atoms with Crippen LogP contribution < -0.4 is 10.6 Å². The summed E-state index contributed by atoms with van der Waals surface area (Å²) in [4.78, 5) is 0. The molecule has 0 saturated carbocycles. The zero-order valence-corrected chi connectivity index (χ0v) is 10.3. The number of aromatic hydroxyl groups is 1. The summed E-state index contributed by atoms with van der Waals surface area (Å²) in [6.07, 6.45) is 0. The first-order valence-electron chi connectivity index (χ1n) is 5.18. The number of hydrogen-bond donors (Lipinski definition) is 1. The highest BCUT2D eigenvalue weighted by Crippen LogP contribution is 2.43. The Kier molecular flexibility index (Phi) is 3.32. The molecule has 0 fully saturated rings. The largest absolute Gasteiger partial charge is 0.508 e. The topological polar surface area (TPSA) is 46.5 Å². The van der Waals surface area contributed by atoms with Gasteiger partial charge in [-0.15, -0.1) is 0 Å². The van der Waals surface area contributed by atoms with Crippen LogP contribution >= 0.6 is 7.37 Å². The van der Waals surface area contributed by atoms with Crippen LogP contribution in [-0.4, -0.2) is 12.2 Å². The van der Waals surface area contributed by atoms with Gasteiger partial charge in [0.05, 0.1) is 0 Å².